The molecule has 2 rings (SSSR count). The number of amides is 3. The van der Waals surface area contributed by atoms with Gasteiger partial charge in [0.25, 0.3) is 17.7 Å². The molecule has 0 saturated heterocycles. The average Bonchev–Trinajstić information content (AvgIpc) is 2.74. The van der Waals surface area contributed by atoms with E-state index >= 15 is 0 Å². The van der Waals surface area contributed by atoms with Gasteiger partial charge in [-0.15, -0.1) is 0 Å². The van der Waals surface area contributed by atoms with Crippen molar-refractivity contribution in [2.24, 2.45) is 11.7 Å². The minimum Gasteiger partial charge on any atom is -0.452 e. The Morgan fingerprint density at radius 3 is 2.43 bits per heavy atom. The third kappa shape index (κ3) is 3.56. The number of primary amides is 1. The summed E-state index contributed by atoms with van der Waals surface area (Å²) in [6.07, 6.45) is 0.707. The number of esters is 1. The Bertz CT molecular complexity index is 681. The summed E-state index contributed by atoms with van der Waals surface area (Å²) >= 11 is 0. The van der Waals surface area contributed by atoms with Crippen molar-refractivity contribution in [2.45, 2.75) is 20.3 Å². The Kier molecular flexibility index (Phi) is 4.78. The van der Waals surface area contributed by atoms with Gasteiger partial charge in [-0.2, -0.15) is 0 Å². The summed E-state index contributed by atoms with van der Waals surface area (Å²) in [6.45, 7) is 3.81. The number of carbonyl (C=O) groups excluding carboxylic acids is 4. The van der Waals surface area contributed by atoms with Crippen LogP contribution in [0.15, 0.2) is 18.2 Å². The van der Waals surface area contributed by atoms with Gasteiger partial charge in [-0.1, -0.05) is 13.8 Å². The van der Waals surface area contributed by atoms with E-state index in [2.05, 4.69) is 0 Å². The van der Waals surface area contributed by atoms with Crippen molar-refractivity contribution < 1.29 is 23.9 Å². The second-order valence-electron chi connectivity index (χ2n) is 5.75. The summed E-state index contributed by atoms with van der Waals surface area (Å²) in [6, 6.07) is 4.12. The van der Waals surface area contributed by atoms with Gasteiger partial charge in [0.2, 0.25) is 0 Å². The number of imide groups is 1. The van der Waals surface area contributed by atoms with E-state index < -0.39 is 24.4 Å². The Hall–Kier alpha value is -2.70. The van der Waals surface area contributed by atoms with Gasteiger partial charge < -0.3 is 10.5 Å². The molecule has 0 aromatic heterocycles. The molecule has 0 radical (unpaired) electrons. The maximum atomic E-state index is 12.3. The highest BCUT2D eigenvalue weighted by Crippen LogP contribution is 2.25. The summed E-state index contributed by atoms with van der Waals surface area (Å²) in [5.41, 5.74) is 5.44. The molecular weight excluding hydrogens is 300 g/mol. The van der Waals surface area contributed by atoms with E-state index in [9.17, 15) is 19.2 Å². The molecule has 1 aromatic carbocycles. The van der Waals surface area contributed by atoms with E-state index in [0.717, 1.165) is 0 Å². The molecule has 1 heterocycles. The molecule has 1 aromatic rings. The van der Waals surface area contributed by atoms with Gasteiger partial charge in [0.05, 0.1) is 16.7 Å². The maximum absolute atomic E-state index is 12.3. The normalized spacial score (nSPS) is 13.4. The molecule has 122 valence electrons. The van der Waals surface area contributed by atoms with Crippen molar-refractivity contribution in [3.63, 3.8) is 0 Å². The van der Waals surface area contributed by atoms with Crippen molar-refractivity contribution in [1.29, 1.82) is 0 Å². The molecular formula is C16H18N2O5. The topological polar surface area (TPSA) is 107 Å². The standard InChI is InChI=1S/C16H18N2O5/c1-9(2)5-6-18-14(20)11-4-3-10(7-12(11)15(18)21)16(22)23-8-13(17)19/h3-4,7,9H,5-6,8H2,1-2H3,(H2,17,19). The fraction of sp³-hybridized carbons (Fsp3) is 0.375. The second-order valence-corrected chi connectivity index (χ2v) is 5.75. The SMILES string of the molecule is CC(C)CCN1C(=O)c2ccc(C(=O)OCC(N)=O)cc2C1=O. The average molecular weight is 318 g/mol. The molecule has 2 N–H and O–H groups in total. The van der Waals surface area contributed by atoms with Crippen LogP contribution in [0, 0.1) is 5.92 Å². The lowest BCUT2D eigenvalue weighted by Gasteiger charge is -2.14. The van der Waals surface area contributed by atoms with E-state index in [4.69, 9.17) is 10.5 Å². The highest BCUT2D eigenvalue weighted by molar-refractivity contribution is 6.21. The molecule has 0 saturated carbocycles. The van der Waals surface area contributed by atoms with Crippen LogP contribution in [0.3, 0.4) is 0 Å². The number of rotatable bonds is 6. The zero-order valence-electron chi connectivity index (χ0n) is 13.0. The Morgan fingerprint density at radius 1 is 1.17 bits per heavy atom. The van der Waals surface area contributed by atoms with Crippen LogP contribution in [0.1, 0.15) is 51.3 Å². The van der Waals surface area contributed by atoms with E-state index in [1.165, 1.54) is 23.1 Å². The molecule has 7 nitrogen and oxygen atoms in total. The van der Waals surface area contributed by atoms with Gasteiger partial charge in [0.15, 0.2) is 6.61 Å². The van der Waals surface area contributed by atoms with Gasteiger partial charge in [0, 0.05) is 6.54 Å². The molecule has 0 atom stereocenters. The van der Waals surface area contributed by atoms with Crippen LogP contribution in [0.2, 0.25) is 0 Å². The van der Waals surface area contributed by atoms with Gasteiger partial charge in [-0.05, 0) is 30.5 Å². The van der Waals surface area contributed by atoms with Crippen molar-refractivity contribution in [3.8, 4) is 0 Å². The number of fused-ring (bicyclic) bond motifs is 1. The third-order valence-corrected chi connectivity index (χ3v) is 3.48. The van der Waals surface area contributed by atoms with Crippen LogP contribution in [-0.4, -0.2) is 41.7 Å². The van der Waals surface area contributed by atoms with Gasteiger partial charge >= 0.3 is 5.97 Å². The zero-order valence-corrected chi connectivity index (χ0v) is 13.0. The van der Waals surface area contributed by atoms with Crippen molar-refractivity contribution in [1.82, 2.24) is 4.90 Å². The molecule has 0 bridgehead atoms. The smallest absolute Gasteiger partial charge is 0.338 e. The fourth-order valence-corrected chi connectivity index (χ4v) is 2.23. The first-order valence-corrected chi connectivity index (χ1v) is 7.27. The Morgan fingerprint density at radius 2 is 1.83 bits per heavy atom. The number of carbonyl (C=O) groups is 4. The van der Waals surface area contributed by atoms with Crippen molar-refractivity contribution in [3.05, 3.63) is 34.9 Å². The predicted molar refractivity (Wildman–Crippen MR) is 80.7 cm³/mol. The second kappa shape index (κ2) is 6.60. The third-order valence-electron chi connectivity index (χ3n) is 3.48. The molecule has 0 fully saturated rings. The number of ether oxygens (including phenoxy) is 1. The fourth-order valence-electron chi connectivity index (χ4n) is 2.23. The molecule has 23 heavy (non-hydrogen) atoms. The zero-order chi connectivity index (χ0) is 17.1. The summed E-state index contributed by atoms with van der Waals surface area (Å²) in [7, 11) is 0. The quantitative estimate of drug-likeness (QED) is 0.621. The van der Waals surface area contributed by atoms with E-state index in [1.807, 2.05) is 13.8 Å². The minimum atomic E-state index is -0.773. The van der Waals surface area contributed by atoms with Crippen LogP contribution in [-0.2, 0) is 9.53 Å². The van der Waals surface area contributed by atoms with Crippen LogP contribution >= 0.6 is 0 Å². The van der Waals surface area contributed by atoms with Crippen LogP contribution in [0.25, 0.3) is 0 Å². The first kappa shape index (κ1) is 16.7. The molecule has 3 amide bonds. The van der Waals surface area contributed by atoms with E-state index in [1.54, 1.807) is 0 Å². The minimum absolute atomic E-state index is 0.0943. The van der Waals surface area contributed by atoms with E-state index in [-0.39, 0.29) is 22.6 Å². The number of nitrogens with zero attached hydrogens (tertiary/aromatic N) is 1. The van der Waals surface area contributed by atoms with Gasteiger partial charge in [-0.3, -0.25) is 19.3 Å². The van der Waals surface area contributed by atoms with Gasteiger partial charge in [-0.25, -0.2) is 4.79 Å². The lowest BCUT2D eigenvalue weighted by atomic mass is 10.1. The molecule has 1 aliphatic rings. The number of nitrogens with two attached hydrogens (primary N) is 1. The highest BCUT2D eigenvalue weighted by atomic mass is 16.5. The summed E-state index contributed by atoms with van der Waals surface area (Å²) in [5, 5.41) is 0. The first-order chi connectivity index (χ1) is 10.8. The lowest BCUT2D eigenvalue weighted by molar-refractivity contribution is -0.121. The number of benzene rings is 1. The van der Waals surface area contributed by atoms with Crippen LogP contribution in [0.5, 0.6) is 0 Å². The predicted octanol–water partition coefficient (Wildman–Crippen LogP) is 0.971. The monoisotopic (exact) mass is 318 g/mol. The van der Waals surface area contributed by atoms with Crippen LogP contribution < -0.4 is 5.73 Å². The Labute approximate surface area is 133 Å². The highest BCUT2D eigenvalue weighted by Gasteiger charge is 2.35. The van der Waals surface area contributed by atoms with Crippen molar-refractivity contribution >= 4 is 23.7 Å². The maximum Gasteiger partial charge on any atom is 0.338 e. The number of hydrogen-bond donors (Lipinski definition) is 1. The summed E-state index contributed by atoms with van der Waals surface area (Å²) < 4.78 is 4.69. The van der Waals surface area contributed by atoms with Crippen molar-refractivity contribution in [2.75, 3.05) is 13.2 Å². The molecule has 1 aliphatic heterocycles. The Balaban J connectivity index is 2.19. The summed E-state index contributed by atoms with van der Waals surface area (Å²) in [4.78, 5) is 48.2. The molecule has 0 unspecified atom stereocenters. The lowest BCUT2D eigenvalue weighted by Crippen LogP contribution is -2.31. The summed E-state index contributed by atoms with van der Waals surface area (Å²) in [5.74, 6) is -1.96. The van der Waals surface area contributed by atoms with E-state index in [0.29, 0.717) is 18.9 Å². The molecule has 0 aliphatic carbocycles. The molecule has 0 spiro atoms. The van der Waals surface area contributed by atoms with Crippen LogP contribution in [0.4, 0.5) is 0 Å². The first-order valence-electron chi connectivity index (χ1n) is 7.27. The molecule has 7 heteroatoms. The van der Waals surface area contributed by atoms with Gasteiger partial charge in [0.1, 0.15) is 0 Å². The number of hydrogen-bond acceptors (Lipinski definition) is 5. The largest absolute Gasteiger partial charge is 0.452 e.